The highest BCUT2D eigenvalue weighted by Gasteiger charge is 2.25. The third-order valence-electron chi connectivity index (χ3n) is 2.84. The third-order valence-corrected chi connectivity index (χ3v) is 2.84. The van der Waals surface area contributed by atoms with Crippen LogP contribution >= 0.6 is 0 Å². The van der Waals surface area contributed by atoms with E-state index in [4.69, 9.17) is 0 Å². The summed E-state index contributed by atoms with van der Waals surface area (Å²) < 4.78 is 0. The fraction of sp³-hybridized carbons (Fsp3) is 0.600. The second-order valence-electron chi connectivity index (χ2n) is 3.46. The predicted octanol–water partition coefficient (Wildman–Crippen LogP) is 2.92. The van der Waals surface area contributed by atoms with Gasteiger partial charge in [0.1, 0.15) is 0 Å². The summed E-state index contributed by atoms with van der Waals surface area (Å²) in [7, 11) is 0. The van der Waals surface area contributed by atoms with E-state index in [1.54, 1.807) is 5.57 Å². The Labute approximate surface area is 62.6 Å². The Morgan fingerprint density at radius 3 is 2.70 bits per heavy atom. The summed E-state index contributed by atoms with van der Waals surface area (Å²) in [6.07, 6.45) is 11.1. The normalized spacial score (nSPS) is 37.5. The van der Waals surface area contributed by atoms with Gasteiger partial charge in [-0.3, -0.25) is 0 Å². The van der Waals surface area contributed by atoms with E-state index in [2.05, 4.69) is 25.2 Å². The van der Waals surface area contributed by atoms with Gasteiger partial charge < -0.3 is 0 Å². The minimum absolute atomic E-state index is 0.902. The molecule has 0 N–H and O–H groups in total. The molecule has 2 aliphatic rings. The summed E-state index contributed by atoms with van der Waals surface area (Å²) in [4.78, 5) is 0. The monoisotopic (exact) mass is 134 g/mol. The highest BCUT2D eigenvalue weighted by Crippen LogP contribution is 2.37. The van der Waals surface area contributed by atoms with E-state index in [9.17, 15) is 0 Å². The van der Waals surface area contributed by atoms with Gasteiger partial charge >= 0.3 is 0 Å². The Morgan fingerprint density at radius 1 is 1.50 bits per heavy atom. The molecule has 10 heavy (non-hydrogen) atoms. The number of hydrogen-bond donors (Lipinski definition) is 0. The lowest BCUT2D eigenvalue weighted by atomic mass is 9.79. The second-order valence-corrected chi connectivity index (χ2v) is 3.46. The summed E-state index contributed by atoms with van der Waals surface area (Å²) in [6.45, 7) is 2.28. The van der Waals surface area contributed by atoms with Crippen molar-refractivity contribution < 1.29 is 0 Å². The molecule has 0 nitrogen and oxygen atoms in total. The van der Waals surface area contributed by atoms with Gasteiger partial charge in [-0.15, -0.1) is 0 Å². The van der Waals surface area contributed by atoms with Crippen molar-refractivity contribution in [2.24, 2.45) is 11.8 Å². The Morgan fingerprint density at radius 2 is 2.30 bits per heavy atom. The summed E-state index contributed by atoms with van der Waals surface area (Å²) >= 11 is 0. The van der Waals surface area contributed by atoms with Crippen LogP contribution < -0.4 is 0 Å². The molecule has 2 rings (SSSR count). The molecule has 0 heterocycles. The average molecular weight is 134 g/mol. The van der Waals surface area contributed by atoms with E-state index in [-0.39, 0.29) is 0 Å². The van der Waals surface area contributed by atoms with Gasteiger partial charge in [-0.05, 0) is 38.0 Å². The molecule has 0 spiro atoms. The standard InChI is InChI=1S/C10H14/c1-8-4-2-7-10(8)9-5-3-6-9/h3-5,9-10H,2,6-7H2,1H3. The van der Waals surface area contributed by atoms with Crippen LogP contribution in [0.2, 0.25) is 0 Å². The van der Waals surface area contributed by atoms with Gasteiger partial charge in [0, 0.05) is 0 Å². The lowest BCUT2D eigenvalue weighted by molar-refractivity contribution is 0.424. The topological polar surface area (TPSA) is 0 Å². The molecule has 0 heteroatoms. The van der Waals surface area contributed by atoms with Crippen molar-refractivity contribution in [1.29, 1.82) is 0 Å². The molecule has 0 bridgehead atoms. The van der Waals surface area contributed by atoms with E-state index >= 15 is 0 Å². The lowest BCUT2D eigenvalue weighted by Crippen LogP contribution is -2.15. The van der Waals surface area contributed by atoms with Crippen LogP contribution in [0.15, 0.2) is 23.8 Å². The lowest BCUT2D eigenvalue weighted by Gasteiger charge is -2.25. The van der Waals surface area contributed by atoms with Crippen molar-refractivity contribution in [3.63, 3.8) is 0 Å². The van der Waals surface area contributed by atoms with Crippen LogP contribution in [0.25, 0.3) is 0 Å². The van der Waals surface area contributed by atoms with Crippen molar-refractivity contribution in [2.45, 2.75) is 26.2 Å². The molecule has 0 radical (unpaired) electrons. The zero-order valence-electron chi connectivity index (χ0n) is 6.51. The third kappa shape index (κ3) is 0.828. The van der Waals surface area contributed by atoms with Gasteiger partial charge in [0.05, 0.1) is 0 Å². The Kier molecular flexibility index (Phi) is 1.40. The maximum Gasteiger partial charge on any atom is -0.0133 e. The summed E-state index contributed by atoms with van der Waals surface area (Å²) in [5.74, 6) is 1.81. The van der Waals surface area contributed by atoms with E-state index in [1.165, 1.54) is 19.3 Å². The Balaban J connectivity index is 2.05. The van der Waals surface area contributed by atoms with Gasteiger partial charge in [-0.25, -0.2) is 0 Å². The molecule has 54 valence electrons. The SMILES string of the molecule is CC1=CCCC1C1C=CC1. The van der Waals surface area contributed by atoms with Crippen molar-refractivity contribution in [1.82, 2.24) is 0 Å². The van der Waals surface area contributed by atoms with E-state index < -0.39 is 0 Å². The first-order valence-corrected chi connectivity index (χ1v) is 4.21. The van der Waals surface area contributed by atoms with E-state index in [0.29, 0.717) is 0 Å². The molecule has 0 aromatic rings. The van der Waals surface area contributed by atoms with Crippen molar-refractivity contribution in [2.75, 3.05) is 0 Å². The van der Waals surface area contributed by atoms with Crippen LogP contribution in [0, 0.1) is 11.8 Å². The molecular weight excluding hydrogens is 120 g/mol. The van der Waals surface area contributed by atoms with Gasteiger partial charge in [0.25, 0.3) is 0 Å². The van der Waals surface area contributed by atoms with Crippen molar-refractivity contribution >= 4 is 0 Å². The predicted molar refractivity (Wildman–Crippen MR) is 43.7 cm³/mol. The molecule has 0 aliphatic heterocycles. The smallest absolute Gasteiger partial charge is 0.0133 e. The Hall–Kier alpha value is -0.520. The van der Waals surface area contributed by atoms with Gasteiger partial charge in [-0.2, -0.15) is 0 Å². The molecule has 0 amide bonds. The first-order valence-electron chi connectivity index (χ1n) is 4.21. The van der Waals surface area contributed by atoms with Crippen LogP contribution in [0.1, 0.15) is 26.2 Å². The summed E-state index contributed by atoms with van der Waals surface area (Å²) in [5, 5.41) is 0. The second kappa shape index (κ2) is 2.26. The van der Waals surface area contributed by atoms with E-state index in [0.717, 1.165) is 11.8 Å². The molecule has 0 aromatic heterocycles. The maximum atomic E-state index is 2.40. The van der Waals surface area contributed by atoms with Crippen LogP contribution in [0.5, 0.6) is 0 Å². The molecule has 0 saturated heterocycles. The number of rotatable bonds is 1. The molecular formula is C10H14. The minimum atomic E-state index is 0.902. The summed E-state index contributed by atoms with van der Waals surface area (Å²) in [5.41, 5.74) is 1.63. The van der Waals surface area contributed by atoms with Gasteiger partial charge in [0.2, 0.25) is 0 Å². The first-order chi connectivity index (χ1) is 4.88. The fourth-order valence-electron chi connectivity index (χ4n) is 2.01. The molecule has 2 unspecified atom stereocenters. The quantitative estimate of drug-likeness (QED) is 0.484. The molecule has 0 saturated carbocycles. The fourth-order valence-corrected chi connectivity index (χ4v) is 2.01. The maximum absolute atomic E-state index is 2.40. The van der Waals surface area contributed by atoms with E-state index in [1.807, 2.05) is 0 Å². The molecule has 0 fully saturated rings. The zero-order chi connectivity index (χ0) is 6.97. The largest absolute Gasteiger partial charge is 0.0876 e. The van der Waals surface area contributed by atoms with Gasteiger partial charge in [-0.1, -0.05) is 23.8 Å². The molecule has 2 atom stereocenters. The highest BCUT2D eigenvalue weighted by atomic mass is 14.3. The molecule has 0 aromatic carbocycles. The Bertz CT molecular complexity index is 186. The average Bonchev–Trinajstić information content (AvgIpc) is 2.12. The first kappa shape index (κ1) is 6.21. The van der Waals surface area contributed by atoms with Crippen LogP contribution in [-0.4, -0.2) is 0 Å². The molecule has 2 aliphatic carbocycles. The number of hydrogen-bond acceptors (Lipinski definition) is 0. The van der Waals surface area contributed by atoms with Gasteiger partial charge in [0.15, 0.2) is 0 Å². The number of allylic oxidation sites excluding steroid dienone is 4. The zero-order valence-corrected chi connectivity index (χ0v) is 6.51. The van der Waals surface area contributed by atoms with Crippen LogP contribution in [0.3, 0.4) is 0 Å². The van der Waals surface area contributed by atoms with Crippen LogP contribution in [-0.2, 0) is 0 Å². The van der Waals surface area contributed by atoms with Crippen LogP contribution in [0.4, 0.5) is 0 Å². The summed E-state index contributed by atoms with van der Waals surface area (Å²) in [6, 6.07) is 0. The van der Waals surface area contributed by atoms with Crippen molar-refractivity contribution in [3.8, 4) is 0 Å². The van der Waals surface area contributed by atoms with Crippen molar-refractivity contribution in [3.05, 3.63) is 23.8 Å². The minimum Gasteiger partial charge on any atom is -0.0876 e. The highest BCUT2D eigenvalue weighted by molar-refractivity contribution is 5.18.